The average molecular weight is 1360 g/mol. The van der Waals surface area contributed by atoms with Crippen molar-refractivity contribution in [2.75, 3.05) is 0 Å². The molecule has 11 aromatic carbocycles. The van der Waals surface area contributed by atoms with E-state index >= 15 is 0 Å². The minimum Gasteiger partial charge on any atom is -0.309 e. The number of pyridine rings is 6. The first-order valence-electron chi connectivity index (χ1n) is 35.9. The Morgan fingerprint density at radius 1 is 0.217 bits per heavy atom. The lowest BCUT2D eigenvalue weighted by Gasteiger charge is -2.21. The molecular weight excluding hydrogens is 1290 g/mol. The van der Waals surface area contributed by atoms with Gasteiger partial charge in [0.25, 0.3) is 0 Å². The molecule has 0 fully saturated rings. The normalized spacial score (nSPS) is 11.9. The number of nitrogens with zero attached hydrogens (tertiary/aromatic N) is 7. The van der Waals surface area contributed by atoms with E-state index in [1.165, 1.54) is 94.3 Å². The van der Waals surface area contributed by atoms with Crippen LogP contribution in [-0.4, -0.2) is 34.5 Å². The van der Waals surface area contributed by atoms with E-state index in [1.54, 1.807) is 12.4 Å². The van der Waals surface area contributed by atoms with Crippen LogP contribution in [0, 0.1) is 0 Å². The maximum Gasteiger partial charge on any atom is 0.0900 e. The lowest BCUT2D eigenvalue weighted by molar-refractivity contribution is 0.660. The molecule has 0 aliphatic heterocycles. The van der Waals surface area contributed by atoms with Crippen molar-refractivity contribution in [3.05, 3.63) is 394 Å². The molecule has 0 saturated carbocycles. The molecule has 0 unspecified atom stereocenters. The maximum atomic E-state index is 4.98. The summed E-state index contributed by atoms with van der Waals surface area (Å²) in [6.45, 7) is 4.65. The molecule has 7 aromatic heterocycles. The van der Waals surface area contributed by atoms with Gasteiger partial charge in [-0.25, -0.2) is 9.97 Å². The molecule has 7 heteroatoms. The van der Waals surface area contributed by atoms with Gasteiger partial charge >= 0.3 is 0 Å². The standard InChI is InChI=1S/C51H34N4.C48H35N3/c1-3-11-35(12-4-1)42-32-48(46-16-9-10-30-52-46)54-49(33-42)47-28-26-41(34-53-47)39-24-20-37(21-25-39)36-18-22-38(23-19-36)40-27-29-51-45(31-40)44-15-7-8-17-50(44)55(51)43-13-5-2-6-14-43;1-48(2)42-13-7-6-12-40(42)41-28-37(23-25-43(41)48)35-19-15-33(16-20-35)34-17-21-36(22-18-34)38-24-26-45(50-31-38)47-30-39(32-10-4-3-5-11-32)29-46(51-47)44-14-8-9-27-49-44/h1-34H;3-31H,1-2H3. The second kappa shape index (κ2) is 27.8. The fraction of sp³-hybridized carbons (Fsp3) is 0.0303. The zero-order valence-electron chi connectivity index (χ0n) is 58.5. The summed E-state index contributed by atoms with van der Waals surface area (Å²) < 4.78 is 2.35. The molecule has 0 saturated heterocycles. The van der Waals surface area contributed by atoms with Crippen LogP contribution in [0.4, 0.5) is 0 Å². The smallest absolute Gasteiger partial charge is 0.0900 e. The Labute approximate surface area is 616 Å². The molecule has 7 nitrogen and oxygen atoms in total. The van der Waals surface area contributed by atoms with Gasteiger partial charge in [0, 0.05) is 57.8 Å². The van der Waals surface area contributed by atoms with Gasteiger partial charge in [-0.15, -0.1) is 0 Å². The SMILES string of the molecule is CC1(C)c2ccccc2-c2cc(-c3ccc(-c4ccc(-c5ccc(-c6cc(-c7ccccc7)cc(-c7ccccn7)n6)nc5)cc4)cc3)ccc21.c1ccc(-c2cc(-c3ccccn3)nc(-c3ccc(-c4ccc(-c5ccc(-c6ccc7c(c6)c6ccccc6n7-c6ccccc6)cc5)cc4)cn3)c2)cc1. The highest BCUT2D eigenvalue weighted by molar-refractivity contribution is 6.10. The van der Waals surface area contributed by atoms with Crippen molar-refractivity contribution in [3.8, 4) is 151 Å². The maximum absolute atomic E-state index is 4.98. The number of aromatic nitrogens is 7. The van der Waals surface area contributed by atoms with Gasteiger partial charge in [0.05, 0.1) is 56.6 Å². The molecule has 0 spiro atoms. The quantitative estimate of drug-likeness (QED) is 0.114. The fourth-order valence-electron chi connectivity index (χ4n) is 15.0. The summed E-state index contributed by atoms with van der Waals surface area (Å²) in [6, 6.07) is 126. The summed E-state index contributed by atoms with van der Waals surface area (Å²) >= 11 is 0. The lowest BCUT2D eigenvalue weighted by atomic mass is 9.82. The monoisotopic (exact) mass is 1360 g/mol. The molecule has 1 aliphatic rings. The topological polar surface area (TPSA) is 82.3 Å². The number of fused-ring (bicyclic) bond motifs is 6. The summed E-state index contributed by atoms with van der Waals surface area (Å²) in [5, 5.41) is 2.51. The van der Waals surface area contributed by atoms with Crippen molar-refractivity contribution in [2.45, 2.75) is 19.3 Å². The van der Waals surface area contributed by atoms with E-state index in [9.17, 15) is 0 Å². The molecule has 500 valence electrons. The number of para-hydroxylation sites is 2. The van der Waals surface area contributed by atoms with E-state index in [0.717, 1.165) is 90.1 Å². The summed E-state index contributed by atoms with van der Waals surface area (Å²) in [6.07, 6.45) is 7.47. The van der Waals surface area contributed by atoms with Gasteiger partial charge < -0.3 is 4.57 Å². The Morgan fingerprint density at radius 2 is 0.566 bits per heavy atom. The van der Waals surface area contributed by atoms with Gasteiger partial charge in [-0.1, -0.05) is 275 Å². The molecule has 19 rings (SSSR count). The van der Waals surface area contributed by atoms with Crippen LogP contribution in [0.2, 0.25) is 0 Å². The third-order valence-corrected chi connectivity index (χ3v) is 20.6. The van der Waals surface area contributed by atoms with Crippen LogP contribution < -0.4 is 0 Å². The summed E-state index contributed by atoms with van der Waals surface area (Å²) in [4.78, 5) is 28.8. The van der Waals surface area contributed by atoms with E-state index in [4.69, 9.17) is 19.9 Å². The summed E-state index contributed by atoms with van der Waals surface area (Å²) in [5.74, 6) is 0. The number of rotatable bonds is 13. The number of hydrogen-bond acceptors (Lipinski definition) is 6. The van der Waals surface area contributed by atoms with Crippen LogP contribution in [0.3, 0.4) is 0 Å². The average Bonchev–Trinajstić information content (AvgIpc) is 1.58. The first-order chi connectivity index (χ1) is 52.3. The highest BCUT2D eigenvalue weighted by Crippen LogP contribution is 2.50. The molecule has 106 heavy (non-hydrogen) atoms. The molecule has 7 heterocycles. The van der Waals surface area contributed by atoms with Crippen LogP contribution in [0.15, 0.2) is 383 Å². The lowest BCUT2D eigenvalue weighted by Crippen LogP contribution is -2.14. The Bertz CT molecular complexity index is 6070. The van der Waals surface area contributed by atoms with Crippen molar-refractivity contribution in [2.24, 2.45) is 0 Å². The Morgan fingerprint density at radius 3 is 1.03 bits per heavy atom. The molecule has 0 bridgehead atoms. The third-order valence-electron chi connectivity index (χ3n) is 20.6. The Balaban J connectivity index is 0.000000151. The Kier molecular flexibility index (Phi) is 16.9. The highest BCUT2D eigenvalue weighted by atomic mass is 15.0. The minimum absolute atomic E-state index is 0.0226. The van der Waals surface area contributed by atoms with Gasteiger partial charge in [0.2, 0.25) is 0 Å². The van der Waals surface area contributed by atoms with Gasteiger partial charge in [-0.3, -0.25) is 19.9 Å². The van der Waals surface area contributed by atoms with Crippen LogP contribution in [0.5, 0.6) is 0 Å². The first-order valence-corrected chi connectivity index (χ1v) is 35.9. The summed E-state index contributed by atoms with van der Waals surface area (Å²) in [7, 11) is 0. The molecule has 0 atom stereocenters. The van der Waals surface area contributed by atoms with Crippen LogP contribution >= 0.6 is 0 Å². The van der Waals surface area contributed by atoms with Gasteiger partial charge in [0.15, 0.2) is 0 Å². The predicted octanol–water partition coefficient (Wildman–Crippen LogP) is 25.2. The van der Waals surface area contributed by atoms with Gasteiger partial charge in [-0.05, 0) is 197 Å². The summed E-state index contributed by atoms with van der Waals surface area (Å²) in [5.41, 5.74) is 34.1. The van der Waals surface area contributed by atoms with Crippen LogP contribution in [-0.2, 0) is 5.41 Å². The second-order valence-corrected chi connectivity index (χ2v) is 27.4. The van der Waals surface area contributed by atoms with Crippen molar-refractivity contribution < 1.29 is 0 Å². The molecule has 0 radical (unpaired) electrons. The molecule has 1 aliphatic carbocycles. The zero-order valence-corrected chi connectivity index (χ0v) is 58.5. The molecule has 0 N–H and O–H groups in total. The molecule has 18 aromatic rings. The third kappa shape index (κ3) is 12.6. The van der Waals surface area contributed by atoms with Crippen molar-refractivity contribution in [1.82, 2.24) is 34.5 Å². The van der Waals surface area contributed by atoms with E-state index in [2.05, 4.69) is 338 Å². The zero-order chi connectivity index (χ0) is 70.9. The van der Waals surface area contributed by atoms with E-state index < -0.39 is 0 Å². The van der Waals surface area contributed by atoms with Crippen molar-refractivity contribution in [3.63, 3.8) is 0 Å². The van der Waals surface area contributed by atoms with Crippen LogP contribution in [0.1, 0.15) is 25.0 Å². The second-order valence-electron chi connectivity index (χ2n) is 27.4. The van der Waals surface area contributed by atoms with Crippen molar-refractivity contribution >= 4 is 21.8 Å². The van der Waals surface area contributed by atoms with Crippen molar-refractivity contribution in [1.29, 1.82) is 0 Å². The van der Waals surface area contributed by atoms with Gasteiger partial charge in [0.1, 0.15) is 0 Å². The predicted molar refractivity (Wildman–Crippen MR) is 437 cm³/mol. The highest BCUT2D eigenvalue weighted by Gasteiger charge is 2.35. The fourth-order valence-corrected chi connectivity index (χ4v) is 15.0. The van der Waals surface area contributed by atoms with Crippen LogP contribution in [0.25, 0.3) is 173 Å². The van der Waals surface area contributed by atoms with E-state index in [-0.39, 0.29) is 5.41 Å². The first kappa shape index (κ1) is 64.2. The van der Waals surface area contributed by atoms with E-state index in [0.29, 0.717) is 0 Å². The van der Waals surface area contributed by atoms with Gasteiger partial charge in [-0.2, -0.15) is 0 Å². The Hall–Kier alpha value is -13.9. The minimum atomic E-state index is 0.0226. The number of hydrogen-bond donors (Lipinski definition) is 0. The number of benzene rings is 11. The molecule has 0 amide bonds. The largest absolute Gasteiger partial charge is 0.309 e. The molecular formula is C99H69N7. The van der Waals surface area contributed by atoms with E-state index in [1.807, 2.05) is 60.9 Å².